The number of rotatable bonds is 4. The van der Waals surface area contributed by atoms with E-state index in [9.17, 15) is 0 Å². The fourth-order valence-electron chi connectivity index (χ4n) is 9.12. The second kappa shape index (κ2) is 11.0. The van der Waals surface area contributed by atoms with Gasteiger partial charge in [-0.2, -0.15) is 0 Å². The molecule has 0 nitrogen and oxygen atoms in total. The maximum absolute atomic E-state index is 2.45. The number of hydrogen-bond donors (Lipinski definition) is 0. The molecule has 51 heavy (non-hydrogen) atoms. The van der Waals surface area contributed by atoms with E-state index in [0.29, 0.717) is 0 Å². The maximum atomic E-state index is 2.45. The number of benzene rings is 9. The minimum atomic E-state index is 0.0938. The van der Waals surface area contributed by atoms with Gasteiger partial charge in [-0.3, -0.25) is 0 Å². The van der Waals surface area contributed by atoms with E-state index in [1.165, 1.54) is 105 Å². The zero-order valence-corrected chi connectivity index (χ0v) is 28.0. The molecular formula is C51H32. The standard InChI is InChI=1S/C51H32/c1-2-13-32(14-3-1)33-25-27-34(28-26-33)46-30-35-15-4-5-17-38(35)50(46)51-44-22-10-8-20-42(44)49(43-21-9-11-23-45(43)51)37-29-36-16-12-24-41-39-18-6-7-19-40(39)47(31-37)48(36)41/h1-31,50H. The number of hydrogen-bond acceptors (Lipinski definition) is 0. The van der Waals surface area contributed by atoms with Crippen LogP contribution in [0.3, 0.4) is 0 Å². The Labute approximate surface area is 297 Å². The minimum Gasteiger partial charge on any atom is -0.0622 e. The van der Waals surface area contributed by atoms with Crippen molar-refractivity contribution in [2.75, 3.05) is 0 Å². The molecule has 1 unspecified atom stereocenters. The first-order valence-corrected chi connectivity index (χ1v) is 17.9. The van der Waals surface area contributed by atoms with Crippen molar-refractivity contribution in [2.45, 2.75) is 5.92 Å². The normalized spacial score (nSPS) is 14.2. The van der Waals surface area contributed by atoms with Gasteiger partial charge < -0.3 is 0 Å². The van der Waals surface area contributed by atoms with Crippen LogP contribution in [0.1, 0.15) is 28.2 Å². The van der Waals surface area contributed by atoms with Gasteiger partial charge in [-0.1, -0.05) is 170 Å². The van der Waals surface area contributed by atoms with Gasteiger partial charge in [-0.05, 0) is 123 Å². The predicted octanol–water partition coefficient (Wildman–Crippen LogP) is 13.8. The summed E-state index contributed by atoms with van der Waals surface area (Å²) < 4.78 is 0. The van der Waals surface area contributed by atoms with Crippen LogP contribution in [-0.2, 0) is 0 Å². The van der Waals surface area contributed by atoms with Gasteiger partial charge in [0.2, 0.25) is 0 Å². The van der Waals surface area contributed by atoms with Gasteiger partial charge in [0.15, 0.2) is 0 Å². The van der Waals surface area contributed by atoms with Crippen LogP contribution in [0.4, 0.5) is 0 Å². The summed E-state index contributed by atoms with van der Waals surface area (Å²) in [5.74, 6) is 0.0938. The molecule has 1 atom stereocenters. The molecule has 0 spiro atoms. The van der Waals surface area contributed by atoms with E-state index < -0.39 is 0 Å². The van der Waals surface area contributed by atoms with E-state index in [1.807, 2.05) is 0 Å². The molecule has 11 rings (SSSR count). The van der Waals surface area contributed by atoms with Gasteiger partial charge in [0.25, 0.3) is 0 Å². The molecule has 0 heterocycles. The Hall–Kier alpha value is -6.50. The van der Waals surface area contributed by atoms with Crippen LogP contribution >= 0.6 is 0 Å². The summed E-state index contributed by atoms with van der Waals surface area (Å²) in [7, 11) is 0. The van der Waals surface area contributed by atoms with E-state index in [4.69, 9.17) is 0 Å². The van der Waals surface area contributed by atoms with Gasteiger partial charge in [-0.15, -0.1) is 0 Å². The first-order chi connectivity index (χ1) is 25.3. The third kappa shape index (κ3) is 4.20. The monoisotopic (exact) mass is 644 g/mol. The summed E-state index contributed by atoms with van der Waals surface area (Å²) in [6.07, 6.45) is 2.43. The van der Waals surface area contributed by atoms with Gasteiger partial charge in [0, 0.05) is 5.92 Å². The Morgan fingerprint density at radius 2 is 0.922 bits per heavy atom. The maximum Gasteiger partial charge on any atom is 0.0364 e. The van der Waals surface area contributed by atoms with Gasteiger partial charge in [0.1, 0.15) is 0 Å². The van der Waals surface area contributed by atoms with Crippen molar-refractivity contribution in [3.05, 3.63) is 204 Å². The van der Waals surface area contributed by atoms with E-state index in [2.05, 4.69) is 188 Å². The van der Waals surface area contributed by atoms with Gasteiger partial charge in [-0.25, -0.2) is 0 Å². The molecule has 0 N–H and O–H groups in total. The molecule has 0 aliphatic heterocycles. The Bertz CT molecular complexity index is 2830. The van der Waals surface area contributed by atoms with E-state index >= 15 is 0 Å². The summed E-state index contributed by atoms with van der Waals surface area (Å²) in [4.78, 5) is 0. The average molecular weight is 645 g/mol. The van der Waals surface area contributed by atoms with Gasteiger partial charge >= 0.3 is 0 Å². The summed E-state index contributed by atoms with van der Waals surface area (Å²) >= 11 is 0. The van der Waals surface area contributed by atoms with Crippen LogP contribution in [0.5, 0.6) is 0 Å². The smallest absolute Gasteiger partial charge is 0.0364 e. The lowest BCUT2D eigenvalue weighted by molar-refractivity contribution is 1.10. The average Bonchev–Trinajstić information content (AvgIpc) is 3.74. The SMILES string of the molecule is C1=C(c2ccc(-c3ccccc3)cc2)C(c2c3ccccc3c(-c3cc4c5c(cccc5c3)-c3ccccc3-4)c3ccccc23)c2ccccc21. The molecule has 0 radical (unpaired) electrons. The minimum absolute atomic E-state index is 0.0938. The van der Waals surface area contributed by atoms with E-state index in [-0.39, 0.29) is 5.92 Å². The summed E-state index contributed by atoms with van der Waals surface area (Å²) in [6, 6.07) is 67.6. The Kier molecular flexibility index (Phi) is 6.12. The fraction of sp³-hybridized carbons (Fsp3) is 0.0196. The zero-order chi connectivity index (χ0) is 33.5. The van der Waals surface area contributed by atoms with Crippen molar-refractivity contribution in [3.8, 4) is 44.5 Å². The second-order valence-electron chi connectivity index (χ2n) is 14.0. The molecule has 0 aromatic heterocycles. The highest BCUT2D eigenvalue weighted by Crippen LogP contribution is 2.54. The van der Waals surface area contributed by atoms with E-state index in [1.54, 1.807) is 0 Å². The Balaban J connectivity index is 1.16. The molecule has 0 saturated carbocycles. The van der Waals surface area contributed by atoms with E-state index in [0.717, 1.165) is 0 Å². The molecule has 236 valence electrons. The molecule has 0 fully saturated rings. The molecule has 0 amide bonds. The zero-order valence-electron chi connectivity index (χ0n) is 28.0. The highest BCUT2D eigenvalue weighted by atomic mass is 14.3. The van der Waals surface area contributed by atoms with Crippen molar-refractivity contribution in [1.82, 2.24) is 0 Å². The molecule has 2 aliphatic rings. The number of allylic oxidation sites excluding steroid dienone is 1. The third-order valence-corrected chi connectivity index (χ3v) is 11.3. The van der Waals surface area contributed by atoms with Crippen molar-refractivity contribution < 1.29 is 0 Å². The molecule has 0 heteroatoms. The Morgan fingerprint density at radius 1 is 0.353 bits per heavy atom. The van der Waals surface area contributed by atoms with Crippen molar-refractivity contribution in [3.63, 3.8) is 0 Å². The largest absolute Gasteiger partial charge is 0.0622 e. The van der Waals surface area contributed by atoms with Crippen LogP contribution in [-0.4, -0.2) is 0 Å². The fourth-order valence-corrected chi connectivity index (χ4v) is 9.12. The summed E-state index contributed by atoms with van der Waals surface area (Å²) in [6.45, 7) is 0. The first kappa shape index (κ1) is 28.3. The Morgan fingerprint density at radius 3 is 1.67 bits per heavy atom. The molecule has 0 bridgehead atoms. The highest BCUT2D eigenvalue weighted by Gasteiger charge is 2.32. The predicted molar refractivity (Wildman–Crippen MR) is 217 cm³/mol. The third-order valence-electron chi connectivity index (χ3n) is 11.3. The topological polar surface area (TPSA) is 0 Å². The van der Waals surface area contributed by atoms with Crippen LogP contribution in [0.25, 0.3) is 88.5 Å². The molecule has 0 saturated heterocycles. The highest BCUT2D eigenvalue weighted by molar-refractivity contribution is 6.21. The molecule has 9 aromatic carbocycles. The first-order valence-electron chi connectivity index (χ1n) is 17.9. The lowest BCUT2D eigenvalue weighted by atomic mass is 9.78. The van der Waals surface area contributed by atoms with Crippen molar-refractivity contribution in [2.24, 2.45) is 0 Å². The van der Waals surface area contributed by atoms with Crippen molar-refractivity contribution >= 4 is 44.0 Å². The quantitative estimate of drug-likeness (QED) is 0.167. The van der Waals surface area contributed by atoms with Crippen LogP contribution in [0.15, 0.2) is 182 Å². The van der Waals surface area contributed by atoms with Crippen molar-refractivity contribution in [1.29, 1.82) is 0 Å². The summed E-state index contributed by atoms with van der Waals surface area (Å²) in [5.41, 5.74) is 17.0. The molecule has 2 aliphatic carbocycles. The molecular weight excluding hydrogens is 613 g/mol. The van der Waals surface area contributed by atoms with Gasteiger partial charge in [0.05, 0.1) is 0 Å². The lowest BCUT2D eigenvalue weighted by Crippen LogP contribution is -2.04. The second-order valence-corrected chi connectivity index (χ2v) is 14.0. The van der Waals surface area contributed by atoms with Crippen LogP contribution < -0.4 is 0 Å². The van der Waals surface area contributed by atoms with Crippen LogP contribution in [0, 0.1) is 0 Å². The lowest BCUT2D eigenvalue weighted by Gasteiger charge is -2.25. The summed E-state index contributed by atoms with van der Waals surface area (Å²) in [5, 5.41) is 7.87. The molecule has 9 aromatic rings. The van der Waals surface area contributed by atoms with Crippen LogP contribution in [0.2, 0.25) is 0 Å². The number of fused-ring (bicyclic) bond motifs is 6.